The molecule has 0 fully saturated rings. The quantitative estimate of drug-likeness (QED) is 0.818. The average molecular weight is 230 g/mol. The third kappa shape index (κ3) is 1.54. The first kappa shape index (κ1) is 10.4. The molecule has 88 valence electrons. The first-order chi connectivity index (χ1) is 8.31. The molecule has 3 rings (SSSR count). The van der Waals surface area contributed by atoms with Crippen molar-refractivity contribution in [2.45, 2.75) is 12.5 Å². The zero-order valence-corrected chi connectivity index (χ0v) is 9.64. The molecule has 0 bridgehead atoms. The van der Waals surface area contributed by atoms with Crippen LogP contribution in [0.1, 0.15) is 18.1 Å². The lowest BCUT2D eigenvalue weighted by molar-refractivity contribution is 0.116. The van der Waals surface area contributed by atoms with E-state index in [4.69, 9.17) is 9.47 Å². The van der Waals surface area contributed by atoms with Gasteiger partial charge in [-0.3, -0.25) is 0 Å². The Labute approximate surface area is 99.6 Å². The minimum Gasteiger partial charge on any atom is -0.496 e. The van der Waals surface area contributed by atoms with Gasteiger partial charge in [-0.05, 0) is 6.07 Å². The minimum atomic E-state index is -0.461. The van der Waals surface area contributed by atoms with Crippen LogP contribution < -0.4 is 9.47 Å². The molecule has 0 amide bonds. The lowest BCUT2D eigenvalue weighted by atomic mass is 9.97. The zero-order valence-electron chi connectivity index (χ0n) is 9.64. The fourth-order valence-electron chi connectivity index (χ4n) is 2.34. The van der Waals surface area contributed by atoms with E-state index < -0.39 is 6.10 Å². The summed E-state index contributed by atoms with van der Waals surface area (Å²) in [6.07, 6.45) is 0.173. The van der Waals surface area contributed by atoms with Gasteiger partial charge in [0.2, 0.25) is 0 Å². The maximum absolute atomic E-state index is 10.0. The third-order valence-electron chi connectivity index (χ3n) is 3.20. The Morgan fingerprint density at radius 1 is 1.29 bits per heavy atom. The van der Waals surface area contributed by atoms with E-state index in [-0.39, 0.29) is 0 Å². The number of fused-ring (bicyclic) bond motifs is 3. The van der Waals surface area contributed by atoms with Gasteiger partial charge in [0.25, 0.3) is 0 Å². The number of aliphatic hydroxyl groups is 1. The number of benzene rings is 2. The molecule has 0 spiro atoms. The number of hydrogen-bond acceptors (Lipinski definition) is 3. The summed E-state index contributed by atoms with van der Waals surface area (Å²) in [7, 11) is 1.64. The van der Waals surface area contributed by atoms with E-state index in [0.717, 1.165) is 27.8 Å². The van der Waals surface area contributed by atoms with Crippen molar-refractivity contribution in [3.63, 3.8) is 0 Å². The number of methoxy groups -OCH3 is 1. The van der Waals surface area contributed by atoms with Crippen molar-refractivity contribution in [2.75, 3.05) is 13.7 Å². The molecule has 1 N–H and O–H groups in total. The van der Waals surface area contributed by atoms with Crippen LogP contribution in [-0.4, -0.2) is 18.8 Å². The molecule has 3 nitrogen and oxygen atoms in total. The predicted molar refractivity (Wildman–Crippen MR) is 65.6 cm³/mol. The predicted octanol–water partition coefficient (Wildman–Crippen LogP) is 2.66. The summed E-state index contributed by atoms with van der Waals surface area (Å²) in [5.74, 6) is 1.57. The number of ether oxygens (including phenoxy) is 2. The summed E-state index contributed by atoms with van der Waals surface area (Å²) in [4.78, 5) is 0. The zero-order chi connectivity index (χ0) is 11.8. The van der Waals surface area contributed by atoms with Gasteiger partial charge < -0.3 is 14.6 Å². The highest BCUT2D eigenvalue weighted by atomic mass is 16.5. The van der Waals surface area contributed by atoms with Crippen LogP contribution in [0.4, 0.5) is 0 Å². The lowest BCUT2D eigenvalue weighted by Gasteiger charge is -2.24. The Bertz CT molecular complexity index is 563. The Morgan fingerprint density at radius 3 is 2.82 bits per heavy atom. The largest absolute Gasteiger partial charge is 0.496 e. The first-order valence-electron chi connectivity index (χ1n) is 5.71. The number of hydrogen-bond donors (Lipinski definition) is 1. The van der Waals surface area contributed by atoms with Crippen molar-refractivity contribution in [2.24, 2.45) is 0 Å². The Hall–Kier alpha value is -1.74. The topological polar surface area (TPSA) is 38.7 Å². The van der Waals surface area contributed by atoms with Gasteiger partial charge in [-0.1, -0.05) is 24.3 Å². The molecule has 1 aliphatic rings. The van der Waals surface area contributed by atoms with Crippen molar-refractivity contribution in [3.8, 4) is 11.5 Å². The van der Waals surface area contributed by atoms with Crippen LogP contribution in [0.5, 0.6) is 11.5 Å². The maximum atomic E-state index is 10.0. The van der Waals surface area contributed by atoms with Crippen molar-refractivity contribution in [3.05, 3.63) is 35.9 Å². The third-order valence-corrected chi connectivity index (χ3v) is 3.20. The van der Waals surface area contributed by atoms with Crippen LogP contribution >= 0.6 is 0 Å². The smallest absolute Gasteiger partial charge is 0.133 e. The van der Waals surface area contributed by atoms with Gasteiger partial charge in [0.1, 0.15) is 11.5 Å². The van der Waals surface area contributed by atoms with Crippen molar-refractivity contribution in [1.29, 1.82) is 0 Å². The highest BCUT2D eigenvalue weighted by molar-refractivity contribution is 5.94. The van der Waals surface area contributed by atoms with Crippen LogP contribution in [0.3, 0.4) is 0 Å². The fraction of sp³-hybridized carbons (Fsp3) is 0.286. The SMILES string of the molecule is COc1cc2c(c3ccccc13)OCCC2O. The second-order valence-corrected chi connectivity index (χ2v) is 4.20. The molecule has 1 heterocycles. The molecule has 2 aromatic carbocycles. The monoisotopic (exact) mass is 230 g/mol. The van der Waals surface area contributed by atoms with E-state index in [1.54, 1.807) is 7.11 Å². The average Bonchev–Trinajstić information content (AvgIpc) is 2.38. The van der Waals surface area contributed by atoms with Gasteiger partial charge in [-0.25, -0.2) is 0 Å². The molecule has 0 saturated carbocycles. The standard InChI is InChI=1S/C14H14O3/c1-16-13-8-11-12(15)6-7-17-14(11)10-5-3-2-4-9(10)13/h2-5,8,12,15H,6-7H2,1H3. The van der Waals surface area contributed by atoms with Crippen LogP contribution in [0.2, 0.25) is 0 Å². The van der Waals surface area contributed by atoms with Gasteiger partial charge in [-0.2, -0.15) is 0 Å². The van der Waals surface area contributed by atoms with Crippen molar-refractivity contribution in [1.82, 2.24) is 0 Å². The Morgan fingerprint density at radius 2 is 2.06 bits per heavy atom. The second-order valence-electron chi connectivity index (χ2n) is 4.20. The molecule has 17 heavy (non-hydrogen) atoms. The lowest BCUT2D eigenvalue weighted by Crippen LogP contribution is -2.14. The highest BCUT2D eigenvalue weighted by Crippen LogP contribution is 2.42. The summed E-state index contributed by atoms with van der Waals surface area (Å²) in [5.41, 5.74) is 0.826. The van der Waals surface area contributed by atoms with Gasteiger partial charge in [0, 0.05) is 22.8 Å². The van der Waals surface area contributed by atoms with E-state index in [1.807, 2.05) is 30.3 Å². The molecule has 3 heteroatoms. The van der Waals surface area contributed by atoms with Gasteiger partial charge in [0.05, 0.1) is 19.8 Å². The maximum Gasteiger partial charge on any atom is 0.133 e. The van der Waals surface area contributed by atoms with E-state index in [0.29, 0.717) is 13.0 Å². The van der Waals surface area contributed by atoms with E-state index in [2.05, 4.69) is 0 Å². The van der Waals surface area contributed by atoms with Gasteiger partial charge in [0.15, 0.2) is 0 Å². The molecule has 1 unspecified atom stereocenters. The minimum absolute atomic E-state index is 0.461. The molecule has 0 radical (unpaired) electrons. The molecule has 0 aromatic heterocycles. The molecule has 2 aromatic rings. The summed E-state index contributed by atoms with van der Waals surface area (Å²) in [6.45, 7) is 0.560. The molecule has 1 aliphatic heterocycles. The summed E-state index contributed by atoms with van der Waals surface area (Å²) in [5, 5.41) is 12.0. The van der Waals surface area contributed by atoms with E-state index >= 15 is 0 Å². The Balaban J connectivity index is 2.36. The highest BCUT2D eigenvalue weighted by Gasteiger charge is 2.23. The molecule has 0 aliphatic carbocycles. The van der Waals surface area contributed by atoms with E-state index in [1.165, 1.54) is 0 Å². The summed E-state index contributed by atoms with van der Waals surface area (Å²) < 4.78 is 11.1. The van der Waals surface area contributed by atoms with Crippen LogP contribution in [0.15, 0.2) is 30.3 Å². The number of aliphatic hydroxyl groups excluding tert-OH is 1. The Kier molecular flexibility index (Phi) is 2.41. The van der Waals surface area contributed by atoms with Crippen molar-refractivity contribution >= 4 is 10.8 Å². The van der Waals surface area contributed by atoms with Crippen molar-refractivity contribution < 1.29 is 14.6 Å². The summed E-state index contributed by atoms with van der Waals surface area (Å²) in [6, 6.07) is 9.80. The van der Waals surface area contributed by atoms with Gasteiger partial charge >= 0.3 is 0 Å². The first-order valence-corrected chi connectivity index (χ1v) is 5.71. The molecular weight excluding hydrogens is 216 g/mol. The number of rotatable bonds is 1. The molecular formula is C14H14O3. The molecule has 1 atom stereocenters. The van der Waals surface area contributed by atoms with Crippen LogP contribution in [0, 0.1) is 0 Å². The van der Waals surface area contributed by atoms with Crippen LogP contribution in [-0.2, 0) is 0 Å². The normalized spacial score (nSPS) is 18.6. The second kappa shape index (κ2) is 3.93. The fourth-order valence-corrected chi connectivity index (χ4v) is 2.34. The summed E-state index contributed by atoms with van der Waals surface area (Å²) >= 11 is 0. The molecule has 0 saturated heterocycles. The van der Waals surface area contributed by atoms with E-state index in [9.17, 15) is 5.11 Å². The van der Waals surface area contributed by atoms with Crippen LogP contribution in [0.25, 0.3) is 10.8 Å². The van der Waals surface area contributed by atoms with Gasteiger partial charge in [-0.15, -0.1) is 0 Å².